The lowest BCUT2D eigenvalue weighted by Gasteiger charge is -2.07. The van der Waals surface area contributed by atoms with Crippen LogP contribution < -0.4 is 14.8 Å². The van der Waals surface area contributed by atoms with E-state index in [1.807, 2.05) is 54.6 Å². The van der Waals surface area contributed by atoms with Crippen molar-refractivity contribution < 1.29 is 4.74 Å². The van der Waals surface area contributed by atoms with Crippen LogP contribution in [0.3, 0.4) is 0 Å². The Morgan fingerprint density at radius 2 is 1.90 bits per heavy atom. The highest BCUT2D eigenvalue weighted by Gasteiger charge is 2.10. The molecule has 0 fully saturated rings. The number of benzene rings is 2. The molecule has 0 saturated carbocycles. The van der Waals surface area contributed by atoms with Gasteiger partial charge in [0.05, 0.1) is 11.1 Å². The molecule has 4 rings (SSSR count). The number of aromatic nitrogens is 3. The molecule has 0 aliphatic carbocycles. The Balaban J connectivity index is 1.65. The van der Waals surface area contributed by atoms with Crippen LogP contribution in [-0.4, -0.2) is 21.2 Å². The van der Waals surface area contributed by atoms with Gasteiger partial charge >= 0.3 is 0 Å². The third-order valence-corrected chi connectivity index (χ3v) is 5.33. The molecule has 0 aliphatic heterocycles. The lowest BCUT2D eigenvalue weighted by atomic mass is 10.1. The van der Waals surface area contributed by atoms with Crippen molar-refractivity contribution in [2.75, 3.05) is 6.61 Å². The molecular weight excluding hydrogens is 382 g/mol. The van der Waals surface area contributed by atoms with Crippen molar-refractivity contribution in [1.82, 2.24) is 14.6 Å². The van der Waals surface area contributed by atoms with Gasteiger partial charge in [-0.2, -0.15) is 9.50 Å². The summed E-state index contributed by atoms with van der Waals surface area (Å²) in [6, 6.07) is 15.9. The fourth-order valence-electron chi connectivity index (χ4n) is 2.85. The van der Waals surface area contributed by atoms with Gasteiger partial charge < -0.3 is 4.74 Å². The predicted molar refractivity (Wildman–Crippen MR) is 118 cm³/mol. The van der Waals surface area contributed by atoms with Crippen LogP contribution in [0.2, 0.25) is 0 Å². The number of ether oxygens (including phenoxy) is 1. The van der Waals surface area contributed by atoms with Crippen LogP contribution in [0, 0.1) is 6.92 Å². The van der Waals surface area contributed by atoms with E-state index in [9.17, 15) is 4.79 Å². The standard InChI is InChI=1S/C23H21N3O2S/c1-3-14-28-19-7-5-4-6-18(19)15-20-22(27)26-23(29-20)24-21(25-26)13-12-17-10-8-16(2)9-11-17/h4-13,15H,3,14H2,1-2H3. The van der Waals surface area contributed by atoms with Gasteiger partial charge in [0.15, 0.2) is 5.82 Å². The van der Waals surface area contributed by atoms with E-state index in [1.165, 1.54) is 21.4 Å². The van der Waals surface area contributed by atoms with Crippen LogP contribution in [-0.2, 0) is 0 Å². The van der Waals surface area contributed by atoms with Gasteiger partial charge in [-0.1, -0.05) is 72.4 Å². The maximum Gasteiger partial charge on any atom is 0.291 e. The van der Waals surface area contributed by atoms with E-state index in [0.29, 0.717) is 21.9 Å². The van der Waals surface area contributed by atoms with Crippen LogP contribution in [0.1, 0.15) is 35.9 Å². The van der Waals surface area contributed by atoms with E-state index in [-0.39, 0.29) is 5.56 Å². The zero-order valence-corrected chi connectivity index (χ0v) is 17.1. The van der Waals surface area contributed by atoms with Crippen LogP contribution in [0.5, 0.6) is 5.75 Å². The molecule has 0 unspecified atom stereocenters. The normalized spacial score (nSPS) is 12.3. The van der Waals surface area contributed by atoms with Crippen molar-refractivity contribution in [3.63, 3.8) is 0 Å². The minimum Gasteiger partial charge on any atom is -0.493 e. The Hall–Kier alpha value is -3.25. The Morgan fingerprint density at radius 1 is 1.10 bits per heavy atom. The first kappa shape index (κ1) is 19.1. The van der Waals surface area contributed by atoms with Gasteiger partial charge in [0.25, 0.3) is 5.56 Å². The van der Waals surface area contributed by atoms with Gasteiger partial charge in [0, 0.05) is 5.56 Å². The van der Waals surface area contributed by atoms with Crippen molar-refractivity contribution in [3.05, 3.63) is 85.9 Å². The topological polar surface area (TPSA) is 56.5 Å². The van der Waals surface area contributed by atoms with Crippen molar-refractivity contribution in [3.8, 4) is 5.75 Å². The molecule has 0 N–H and O–H groups in total. The Morgan fingerprint density at radius 3 is 2.66 bits per heavy atom. The minimum atomic E-state index is -0.169. The molecule has 2 aromatic carbocycles. The highest BCUT2D eigenvalue weighted by Crippen LogP contribution is 2.19. The van der Waals surface area contributed by atoms with Gasteiger partial charge in [-0.15, -0.1) is 5.10 Å². The Kier molecular flexibility index (Phi) is 5.53. The first-order chi connectivity index (χ1) is 14.1. The van der Waals surface area contributed by atoms with Gasteiger partial charge in [-0.05, 0) is 37.1 Å². The number of hydrogen-bond donors (Lipinski definition) is 0. The summed E-state index contributed by atoms with van der Waals surface area (Å²) >= 11 is 1.33. The summed E-state index contributed by atoms with van der Waals surface area (Å²) in [5, 5.41) is 4.34. The van der Waals surface area contributed by atoms with Crippen molar-refractivity contribution in [2.24, 2.45) is 0 Å². The average Bonchev–Trinajstić information content (AvgIpc) is 3.26. The molecule has 0 aliphatic rings. The molecule has 0 bridgehead atoms. The van der Waals surface area contributed by atoms with E-state index < -0.39 is 0 Å². The molecule has 0 saturated heterocycles. The van der Waals surface area contributed by atoms with Gasteiger partial charge in [0.2, 0.25) is 4.96 Å². The Labute approximate surface area is 172 Å². The lowest BCUT2D eigenvalue weighted by Crippen LogP contribution is -2.23. The monoisotopic (exact) mass is 403 g/mol. The summed E-state index contributed by atoms with van der Waals surface area (Å²) in [5.74, 6) is 1.29. The number of nitrogens with zero attached hydrogens (tertiary/aromatic N) is 3. The van der Waals surface area contributed by atoms with E-state index >= 15 is 0 Å². The number of para-hydroxylation sites is 1. The van der Waals surface area contributed by atoms with Crippen LogP contribution >= 0.6 is 11.3 Å². The molecule has 5 nitrogen and oxygen atoms in total. The van der Waals surface area contributed by atoms with Gasteiger partial charge in [-0.25, -0.2) is 0 Å². The zero-order chi connectivity index (χ0) is 20.2. The lowest BCUT2D eigenvalue weighted by molar-refractivity contribution is 0.317. The summed E-state index contributed by atoms with van der Waals surface area (Å²) in [6.45, 7) is 4.76. The summed E-state index contributed by atoms with van der Waals surface area (Å²) in [5.41, 5.74) is 2.98. The minimum absolute atomic E-state index is 0.169. The maximum absolute atomic E-state index is 12.8. The Bertz CT molecular complexity index is 1270. The molecule has 6 heteroatoms. The van der Waals surface area contributed by atoms with E-state index in [4.69, 9.17) is 4.74 Å². The second kappa shape index (κ2) is 8.41. The second-order valence-corrected chi connectivity index (χ2v) is 7.72. The van der Waals surface area contributed by atoms with E-state index in [0.717, 1.165) is 23.3 Å². The average molecular weight is 404 g/mol. The van der Waals surface area contributed by atoms with Crippen molar-refractivity contribution in [1.29, 1.82) is 0 Å². The summed E-state index contributed by atoms with van der Waals surface area (Å²) in [4.78, 5) is 17.8. The molecule has 146 valence electrons. The highest BCUT2D eigenvalue weighted by atomic mass is 32.1. The third kappa shape index (κ3) is 4.27. The van der Waals surface area contributed by atoms with Crippen LogP contribution in [0.4, 0.5) is 0 Å². The number of rotatable bonds is 6. The summed E-state index contributed by atoms with van der Waals surface area (Å²) in [7, 11) is 0. The molecular formula is C23H21N3O2S. The number of fused-ring (bicyclic) bond motifs is 1. The number of thiazole rings is 1. The molecule has 4 aromatic rings. The van der Waals surface area contributed by atoms with Crippen molar-refractivity contribution in [2.45, 2.75) is 20.3 Å². The fourth-order valence-corrected chi connectivity index (χ4v) is 3.76. The third-order valence-electron chi connectivity index (χ3n) is 4.37. The quantitative estimate of drug-likeness (QED) is 0.489. The van der Waals surface area contributed by atoms with E-state index in [1.54, 1.807) is 0 Å². The fraction of sp³-hybridized carbons (Fsp3) is 0.174. The second-order valence-electron chi connectivity index (χ2n) is 6.71. The molecule has 2 aromatic heterocycles. The summed E-state index contributed by atoms with van der Waals surface area (Å²) in [6.07, 6.45) is 6.53. The SMILES string of the molecule is CCCOc1ccccc1C=c1sc2nc(C=Cc3ccc(C)cc3)nn2c1=O. The first-order valence-electron chi connectivity index (χ1n) is 9.52. The first-order valence-corrected chi connectivity index (χ1v) is 10.3. The maximum atomic E-state index is 12.8. The van der Waals surface area contributed by atoms with Gasteiger partial charge in [0.1, 0.15) is 5.75 Å². The molecule has 0 atom stereocenters. The van der Waals surface area contributed by atoms with Crippen molar-refractivity contribution >= 4 is 34.5 Å². The number of aryl methyl sites for hydroxylation is 1. The predicted octanol–water partition coefficient (Wildman–Crippen LogP) is 3.97. The zero-order valence-electron chi connectivity index (χ0n) is 16.3. The van der Waals surface area contributed by atoms with E-state index in [2.05, 4.69) is 36.1 Å². The van der Waals surface area contributed by atoms with Crippen LogP contribution in [0.25, 0.3) is 23.2 Å². The highest BCUT2D eigenvalue weighted by molar-refractivity contribution is 7.15. The van der Waals surface area contributed by atoms with Gasteiger partial charge in [-0.3, -0.25) is 4.79 Å². The van der Waals surface area contributed by atoms with Crippen LogP contribution in [0.15, 0.2) is 53.3 Å². The molecule has 0 radical (unpaired) electrons. The number of hydrogen-bond acceptors (Lipinski definition) is 5. The molecule has 2 heterocycles. The smallest absolute Gasteiger partial charge is 0.291 e. The molecule has 29 heavy (non-hydrogen) atoms. The molecule has 0 spiro atoms. The largest absolute Gasteiger partial charge is 0.493 e. The summed E-state index contributed by atoms with van der Waals surface area (Å²) < 4.78 is 7.73. The molecule has 0 amide bonds.